The van der Waals surface area contributed by atoms with Crippen LogP contribution >= 0.6 is 11.6 Å². The van der Waals surface area contributed by atoms with Crippen LogP contribution in [0.2, 0.25) is 5.02 Å². The van der Waals surface area contributed by atoms with Crippen LogP contribution in [0.1, 0.15) is 36.8 Å². The number of carbonyl (C=O) groups excluding carboxylic acids is 2. The second-order valence-corrected chi connectivity index (χ2v) is 9.65. The van der Waals surface area contributed by atoms with Crippen molar-refractivity contribution in [2.24, 2.45) is 5.73 Å². The Morgan fingerprint density at radius 3 is 2.63 bits per heavy atom. The van der Waals surface area contributed by atoms with Crippen molar-refractivity contribution in [3.63, 3.8) is 0 Å². The third-order valence-corrected chi connectivity index (χ3v) is 6.63. The zero-order chi connectivity index (χ0) is 27.3. The zero-order valence-corrected chi connectivity index (χ0v) is 22.6. The van der Waals surface area contributed by atoms with Crippen molar-refractivity contribution in [3.05, 3.63) is 58.6 Å². The Kier molecular flexibility index (Phi) is 11.9. The third-order valence-electron chi connectivity index (χ3n) is 6.33. The van der Waals surface area contributed by atoms with E-state index in [1.807, 2.05) is 12.1 Å². The highest BCUT2D eigenvalue weighted by atomic mass is 35.5. The van der Waals surface area contributed by atoms with Gasteiger partial charge in [0.05, 0.1) is 18.2 Å². The number of likely N-dealkylation sites (tertiary alicyclic amines) is 1. The van der Waals surface area contributed by atoms with E-state index >= 15 is 0 Å². The normalized spacial score (nSPS) is 14.9. The summed E-state index contributed by atoms with van der Waals surface area (Å²) in [5.41, 5.74) is 7.22. The first-order valence-corrected chi connectivity index (χ1v) is 13.2. The highest BCUT2D eigenvalue weighted by Gasteiger charge is 2.26. The van der Waals surface area contributed by atoms with Crippen LogP contribution in [0.25, 0.3) is 0 Å². The van der Waals surface area contributed by atoms with Gasteiger partial charge in [-0.2, -0.15) is 0 Å². The maximum atomic E-state index is 12.6. The molecule has 1 unspecified atom stereocenters. The molecule has 1 heterocycles. The molecule has 0 aliphatic carbocycles. The standard InChI is InChI=1S/C28H37ClN4O5/c1-36-16-12-20-3-6-23(7-4-20)37-15-2-13-32-22-11-14-33(18-22)28(35)19-38-26-9-5-21(17-24(26)29)25(30)8-10-27(31)34/h3-7,9,17,22,30,32H,2,8,10-16,18-19H2,1H3,(H2,31,34). The van der Waals surface area contributed by atoms with Crippen LogP contribution in [-0.4, -0.2) is 75.0 Å². The molecule has 1 aliphatic heterocycles. The number of hydrogen-bond acceptors (Lipinski definition) is 7. The number of nitrogens with one attached hydrogen (secondary N) is 2. The van der Waals surface area contributed by atoms with Gasteiger partial charge in [0.15, 0.2) is 6.61 Å². The predicted octanol–water partition coefficient (Wildman–Crippen LogP) is 3.20. The number of hydrogen-bond donors (Lipinski definition) is 3. The van der Waals surface area contributed by atoms with Crippen LogP contribution in [0.4, 0.5) is 0 Å². The first-order chi connectivity index (χ1) is 18.4. The number of benzene rings is 2. The van der Waals surface area contributed by atoms with Gasteiger partial charge in [-0.1, -0.05) is 23.7 Å². The Morgan fingerprint density at radius 1 is 1.13 bits per heavy atom. The smallest absolute Gasteiger partial charge is 0.260 e. The average Bonchev–Trinajstić information content (AvgIpc) is 3.39. The molecule has 1 aliphatic rings. The molecule has 1 fully saturated rings. The lowest BCUT2D eigenvalue weighted by Crippen LogP contribution is -2.37. The molecule has 2 amide bonds. The van der Waals surface area contributed by atoms with Gasteiger partial charge < -0.3 is 35.6 Å². The van der Waals surface area contributed by atoms with Gasteiger partial charge in [-0.3, -0.25) is 9.59 Å². The van der Waals surface area contributed by atoms with Crippen molar-refractivity contribution < 1.29 is 23.8 Å². The van der Waals surface area contributed by atoms with E-state index in [0.29, 0.717) is 42.6 Å². The maximum Gasteiger partial charge on any atom is 0.260 e. The first kappa shape index (κ1) is 29.4. The van der Waals surface area contributed by atoms with Crippen LogP contribution in [0.3, 0.4) is 0 Å². The van der Waals surface area contributed by atoms with Crippen molar-refractivity contribution in [2.45, 2.75) is 38.1 Å². The highest BCUT2D eigenvalue weighted by Crippen LogP contribution is 2.26. The van der Waals surface area contributed by atoms with Crippen LogP contribution in [0.15, 0.2) is 42.5 Å². The number of primary amides is 1. The molecule has 0 saturated carbocycles. The van der Waals surface area contributed by atoms with Gasteiger partial charge >= 0.3 is 0 Å². The largest absolute Gasteiger partial charge is 0.494 e. The molecular formula is C28H37ClN4O5. The van der Waals surface area contributed by atoms with E-state index in [1.54, 1.807) is 30.2 Å². The van der Waals surface area contributed by atoms with E-state index in [9.17, 15) is 9.59 Å². The van der Waals surface area contributed by atoms with Crippen LogP contribution in [0, 0.1) is 5.41 Å². The Bertz CT molecular complexity index is 1080. The van der Waals surface area contributed by atoms with Crippen molar-refractivity contribution >= 4 is 29.1 Å². The topological polar surface area (TPSA) is 127 Å². The van der Waals surface area contributed by atoms with Crippen molar-refractivity contribution in [2.75, 3.05) is 46.6 Å². The molecule has 0 bridgehead atoms. The monoisotopic (exact) mass is 544 g/mol. The molecule has 206 valence electrons. The third kappa shape index (κ3) is 9.63. The molecule has 1 atom stereocenters. The Balaban J connectivity index is 1.31. The fourth-order valence-electron chi connectivity index (χ4n) is 4.12. The molecule has 9 nitrogen and oxygen atoms in total. The molecule has 0 radical (unpaired) electrons. The van der Waals surface area contributed by atoms with E-state index in [1.165, 1.54) is 5.56 Å². The zero-order valence-electron chi connectivity index (χ0n) is 21.8. The second kappa shape index (κ2) is 15.3. The van der Waals surface area contributed by atoms with E-state index in [2.05, 4.69) is 17.4 Å². The van der Waals surface area contributed by atoms with Gasteiger partial charge in [0.2, 0.25) is 5.91 Å². The fourth-order valence-corrected chi connectivity index (χ4v) is 4.36. The minimum atomic E-state index is -0.455. The molecule has 4 N–H and O–H groups in total. The molecular weight excluding hydrogens is 508 g/mol. The molecule has 0 spiro atoms. The Labute approximate surface area is 229 Å². The Hall–Kier alpha value is -3.14. The van der Waals surface area contributed by atoms with E-state index in [4.69, 9.17) is 37.0 Å². The van der Waals surface area contributed by atoms with Gasteiger partial charge in [0.25, 0.3) is 5.91 Å². The summed E-state index contributed by atoms with van der Waals surface area (Å²) in [4.78, 5) is 25.4. The minimum absolute atomic E-state index is 0.0964. The van der Waals surface area contributed by atoms with Crippen molar-refractivity contribution in [3.8, 4) is 11.5 Å². The van der Waals surface area contributed by atoms with Gasteiger partial charge in [0.1, 0.15) is 11.5 Å². The quantitative estimate of drug-likeness (QED) is 0.220. The number of halogens is 1. The van der Waals surface area contributed by atoms with Crippen LogP contribution < -0.4 is 20.5 Å². The van der Waals surface area contributed by atoms with E-state index < -0.39 is 5.91 Å². The Morgan fingerprint density at radius 2 is 1.92 bits per heavy atom. The van der Waals surface area contributed by atoms with Gasteiger partial charge in [0, 0.05) is 38.4 Å². The summed E-state index contributed by atoms with van der Waals surface area (Å²) in [7, 11) is 1.70. The molecule has 38 heavy (non-hydrogen) atoms. The minimum Gasteiger partial charge on any atom is -0.494 e. The molecule has 3 rings (SSSR count). The summed E-state index contributed by atoms with van der Waals surface area (Å²) >= 11 is 6.29. The van der Waals surface area contributed by atoms with Gasteiger partial charge in [-0.15, -0.1) is 0 Å². The summed E-state index contributed by atoms with van der Waals surface area (Å²) in [5.74, 6) is 0.689. The summed E-state index contributed by atoms with van der Waals surface area (Å²) in [6.07, 6.45) is 2.99. The number of nitrogens with two attached hydrogens (primary N) is 1. The SMILES string of the molecule is COCCc1ccc(OCCCNC2CCN(C(=O)COc3ccc(C(=N)CCC(N)=O)cc3Cl)C2)cc1. The summed E-state index contributed by atoms with van der Waals surface area (Å²) < 4.78 is 16.6. The highest BCUT2D eigenvalue weighted by molar-refractivity contribution is 6.32. The molecule has 0 aromatic heterocycles. The lowest BCUT2D eigenvalue weighted by Gasteiger charge is -2.18. The average molecular weight is 545 g/mol. The van der Waals surface area contributed by atoms with Crippen molar-refractivity contribution in [1.29, 1.82) is 5.41 Å². The first-order valence-electron chi connectivity index (χ1n) is 12.9. The molecule has 1 saturated heterocycles. The van der Waals surface area contributed by atoms with Gasteiger partial charge in [-0.05, 0) is 73.7 Å². The maximum absolute atomic E-state index is 12.6. The van der Waals surface area contributed by atoms with Crippen LogP contribution in [-0.2, 0) is 20.7 Å². The van der Waals surface area contributed by atoms with E-state index in [0.717, 1.165) is 31.6 Å². The number of methoxy groups -OCH3 is 1. The van der Waals surface area contributed by atoms with Crippen molar-refractivity contribution in [1.82, 2.24) is 10.2 Å². The number of amides is 2. The number of carbonyl (C=O) groups is 2. The molecule has 2 aromatic carbocycles. The van der Waals surface area contributed by atoms with Crippen LogP contribution in [0.5, 0.6) is 11.5 Å². The number of ether oxygens (including phenoxy) is 3. The lowest BCUT2D eigenvalue weighted by molar-refractivity contribution is -0.132. The lowest BCUT2D eigenvalue weighted by atomic mass is 10.1. The van der Waals surface area contributed by atoms with Gasteiger partial charge in [-0.25, -0.2) is 0 Å². The summed E-state index contributed by atoms with van der Waals surface area (Å²) in [6.45, 7) is 3.34. The molecule has 2 aromatic rings. The molecule has 10 heteroatoms. The second-order valence-electron chi connectivity index (χ2n) is 9.25. The van der Waals surface area contributed by atoms with E-state index in [-0.39, 0.29) is 37.1 Å². The summed E-state index contributed by atoms with van der Waals surface area (Å²) in [6, 6.07) is 13.3. The predicted molar refractivity (Wildman–Crippen MR) is 147 cm³/mol. The fraction of sp³-hybridized carbons (Fsp3) is 0.464. The summed E-state index contributed by atoms with van der Waals surface area (Å²) in [5, 5.41) is 11.9. The number of rotatable bonds is 16. The number of nitrogens with zero attached hydrogens (tertiary/aromatic N) is 1.